The molecule has 0 fully saturated rings. The Morgan fingerprint density at radius 1 is 0.550 bits per heavy atom. The second-order valence-corrected chi connectivity index (χ2v) is 18.5. The van der Waals surface area contributed by atoms with Gasteiger partial charge in [-0.25, -0.2) is 0 Å². The Morgan fingerprint density at radius 3 is 2.20 bits per heavy atom. The number of allylic oxidation sites excluding steroid dienone is 8. The van der Waals surface area contributed by atoms with Gasteiger partial charge in [-0.2, -0.15) is 0 Å². The Labute approximate surface area is 357 Å². The first-order chi connectivity index (χ1) is 29.5. The SMILES string of the molecule is CC1(C)c2ccccc2-c2ccc(N(c3cccc(-c4ccc5sc6ccccc6c5c4)c3)c3cccc4c3C3=C(C=CCC3)C4(C3=CC=CCC3)c3ccccc3)cc21. The van der Waals surface area contributed by atoms with Crippen LogP contribution in [0.4, 0.5) is 17.1 Å². The van der Waals surface area contributed by atoms with Crippen LogP contribution in [-0.4, -0.2) is 0 Å². The first kappa shape index (κ1) is 35.5. The van der Waals surface area contributed by atoms with Crippen molar-refractivity contribution < 1.29 is 0 Å². The first-order valence-corrected chi connectivity index (χ1v) is 22.4. The molecule has 7 aromatic carbocycles. The number of hydrogen-bond acceptors (Lipinski definition) is 2. The minimum Gasteiger partial charge on any atom is -0.310 e. The number of anilines is 3. The standard InChI is InChI=1S/C58H45NS/c1-57(2)49-26-12-9-23-44(49)45-33-32-43(37-52(45)57)59(42-22-15-17-38(35-42)39-31-34-55-48(36-39)46-24-11-14-30-54(46)60-55)53-29-16-28-51-56(53)47-25-10-13-27-50(47)58(51,40-18-5-3-6-19-40)41-20-7-4-8-21-41/h3-7,9,11-20,22-24,26-37H,8,10,21,25H2,1-2H3. The third-order valence-corrected chi connectivity index (χ3v) is 15.1. The smallest absolute Gasteiger partial charge is 0.0674 e. The molecule has 0 N–H and O–H groups in total. The summed E-state index contributed by atoms with van der Waals surface area (Å²) in [7, 11) is 0. The number of fused-ring (bicyclic) bond motifs is 8. The third kappa shape index (κ3) is 5.10. The van der Waals surface area contributed by atoms with Crippen LogP contribution in [0.1, 0.15) is 67.3 Å². The van der Waals surface area contributed by atoms with Crippen LogP contribution >= 0.6 is 11.3 Å². The van der Waals surface area contributed by atoms with Gasteiger partial charge in [0.15, 0.2) is 0 Å². The number of benzene rings is 7. The molecule has 0 radical (unpaired) electrons. The van der Waals surface area contributed by atoms with Gasteiger partial charge in [0.05, 0.1) is 11.1 Å². The highest BCUT2D eigenvalue weighted by Crippen LogP contribution is 2.61. The molecule has 0 spiro atoms. The topological polar surface area (TPSA) is 3.24 Å². The lowest BCUT2D eigenvalue weighted by Gasteiger charge is -2.38. The average Bonchev–Trinajstić information content (AvgIpc) is 3.91. The molecule has 0 saturated carbocycles. The molecule has 1 atom stereocenters. The summed E-state index contributed by atoms with van der Waals surface area (Å²) in [6, 6.07) is 59.8. The van der Waals surface area contributed by atoms with Crippen LogP contribution in [0.2, 0.25) is 0 Å². The largest absolute Gasteiger partial charge is 0.310 e. The van der Waals surface area contributed by atoms with Crippen LogP contribution < -0.4 is 4.90 Å². The van der Waals surface area contributed by atoms with Crippen molar-refractivity contribution >= 4 is 54.1 Å². The van der Waals surface area contributed by atoms with E-state index in [4.69, 9.17) is 0 Å². The van der Waals surface area contributed by atoms with Crippen LogP contribution in [0.25, 0.3) is 48.0 Å². The molecule has 2 heteroatoms. The minimum absolute atomic E-state index is 0.125. The lowest BCUT2D eigenvalue weighted by atomic mass is 9.64. The van der Waals surface area contributed by atoms with Crippen molar-refractivity contribution in [3.63, 3.8) is 0 Å². The maximum Gasteiger partial charge on any atom is 0.0674 e. The molecule has 0 amide bonds. The second kappa shape index (κ2) is 13.5. The van der Waals surface area contributed by atoms with E-state index in [1.54, 1.807) is 0 Å². The Kier molecular flexibility index (Phi) is 7.99. The Hall–Kier alpha value is -6.48. The fourth-order valence-corrected chi connectivity index (χ4v) is 12.3. The zero-order valence-electron chi connectivity index (χ0n) is 34.1. The quantitative estimate of drug-likeness (QED) is 0.162. The van der Waals surface area contributed by atoms with Gasteiger partial charge in [0, 0.05) is 42.5 Å². The minimum atomic E-state index is -0.364. The van der Waals surface area contributed by atoms with Crippen molar-refractivity contribution in [3.8, 4) is 22.3 Å². The lowest BCUT2D eigenvalue weighted by Crippen LogP contribution is -2.31. The summed E-state index contributed by atoms with van der Waals surface area (Å²) in [4.78, 5) is 2.58. The van der Waals surface area contributed by atoms with Gasteiger partial charge in [-0.05, 0) is 130 Å². The molecule has 288 valence electrons. The summed E-state index contributed by atoms with van der Waals surface area (Å²) in [6.45, 7) is 4.78. The van der Waals surface area contributed by atoms with Crippen molar-refractivity contribution in [1.82, 2.24) is 0 Å². The average molecular weight is 788 g/mol. The van der Waals surface area contributed by atoms with Gasteiger partial charge in [0.2, 0.25) is 0 Å². The molecule has 1 nitrogen and oxygen atoms in total. The molecular weight excluding hydrogens is 743 g/mol. The highest BCUT2D eigenvalue weighted by Gasteiger charge is 2.49. The van der Waals surface area contributed by atoms with Gasteiger partial charge in [0.25, 0.3) is 0 Å². The maximum absolute atomic E-state index is 2.58. The fourth-order valence-electron chi connectivity index (χ4n) is 11.2. The van der Waals surface area contributed by atoms with Crippen molar-refractivity contribution in [3.05, 3.63) is 227 Å². The Balaban J connectivity index is 1.11. The van der Waals surface area contributed by atoms with Gasteiger partial charge in [-0.3, -0.25) is 0 Å². The van der Waals surface area contributed by atoms with Crippen LogP contribution in [0.15, 0.2) is 199 Å². The lowest BCUT2D eigenvalue weighted by molar-refractivity contribution is 0.660. The van der Waals surface area contributed by atoms with Gasteiger partial charge >= 0.3 is 0 Å². The highest BCUT2D eigenvalue weighted by molar-refractivity contribution is 7.25. The fraction of sp³-hybridized carbons (Fsp3) is 0.138. The van der Waals surface area contributed by atoms with Gasteiger partial charge in [0.1, 0.15) is 0 Å². The predicted molar refractivity (Wildman–Crippen MR) is 256 cm³/mol. The van der Waals surface area contributed by atoms with E-state index >= 15 is 0 Å². The van der Waals surface area contributed by atoms with E-state index in [2.05, 4.69) is 207 Å². The van der Waals surface area contributed by atoms with Crippen molar-refractivity contribution in [2.75, 3.05) is 4.90 Å². The zero-order chi connectivity index (χ0) is 40.0. The highest BCUT2D eigenvalue weighted by atomic mass is 32.1. The molecule has 4 aliphatic rings. The van der Waals surface area contributed by atoms with Crippen molar-refractivity contribution in [2.24, 2.45) is 0 Å². The molecular formula is C58H45NS. The monoisotopic (exact) mass is 787 g/mol. The van der Waals surface area contributed by atoms with Crippen LogP contribution in [0.3, 0.4) is 0 Å². The molecule has 0 bridgehead atoms. The van der Waals surface area contributed by atoms with Crippen molar-refractivity contribution in [2.45, 2.75) is 50.4 Å². The zero-order valence-corrected chi connectivity index (χ0v) is 34.9. The molecule has 1 heterocycles. The summed E-state index contributed by atoms with van der Waals surface area (Å²) in [5, 5.41) is 2.65. The van der Waals surface area contributed by atoms with Gasteiger partial charge in [-0.15, -0.1) is 11.3 Å². The third-order valence-electron chi connectivity index (χ3n) is 13.9. The molecule has 1 aromatic heterocycles. The predicted octanol–water partition coefficient (Wildman–Crippen LogP) is 16.2. The van der Waals surface area contributed by atoms with E-state index in [0.717, 1.165) is 31.4 Å². The van der Waals surface area contributed by atoms with E-state index in [-0.39, 0.29) is 10.8 Å². The van der Waals surface area contributed by atoms with E-state index in [1.165, 1.54) is 98.3 Å². The number of rotatable bonds is 6. The second-order valence-electron chi connectivity index (χ2n) is 17.4. The van der Waals surface area contributed by atoms with Crippen LogP contribution in [-0.2, 0) is 10.8 Å². The molecule has 0 aliphatic heterocycles. The van der Waals surface area contributed by atoms with Crippen molar-refractivity contribution in [1.29, 1.82) is 0 Å². The van der Waals surface area contributed by atoms with Gasteiger partial charge < -0.3 is 4.90 Å². The molecule has 60 heavy (non-hydrogen) atoms. The first-order valence-electron chi connectivity index (χ1n) is 21.5. The van der Waals surface area contributed by atoms with E-state index in [0.29, 0.717) is 0 Å². The normalized spacial score (nSPS) is 18.3. The Morgan fingerprint density at radius 2 is 1.30 bits per heavy atom. The summed E-state index contributed by atoms with van der Waals surface area (Å²) < 4.78 is 2.66. The van der Waals surface area contributed by atoms with E-state index < -0.39 is 0 Å². The summed E-state index contributed by atoms with van der Waals surface area (Å²) in [5.74, 6) is 0. The molecule has 8 aromatic rings. The van der Waals surface area contributed by atoms with Crippen LogP contribution in [0, 0.1) is 0 Å². The van der Waals surface area contributed by atoms with Gasteiger partial charge in [-0.1, -0.05) is 159 Å². The molecule has 1 unspecified atom stereocenters. The number of nitrogens with zero attached hydrogens (tertiary/aromatic N) is 1. The summed E-state index contributed by atoms with van der Waals surface area (Å²) in [5.41, 5.74) is 19.5. The molecule has 0 saturated heterocycles. The molecule has 12 rings (SSSR count). The number of hydrogen-bond donors (Lipinski definition) is 0. The van der Waals surface area contributed by atoms with E-state index in [1.807, 2.05) is 11.3 Å². The van der Waals surface area contributed by atoms with E-state index in [9.17, 15) is 0 Å². The molecule has 4 aliphatic carbocycles. The number of thiophene rings is 1. The Bertz CT molecular complexity index is 3190. The maximum atomic E-state index is 2.58. The summed E-state index contributed by atoms with van der Waals surface area (Å²) >= 11 is 1.88. The van der Waals surface area contributed by atoms with Crippen LogP contribution in [0.5, 0.6) is 0 Å². The summed E-state index contributed by atoms with van der Waals surface area (Å²) in [6.07, 6.45) is 16.1.